The maximum Gasteiger partial charge on any atom is 0.319 e. The molecule has 0 unspecified atom stereocenters. The molecule has 8 nitrogen and oxygen atoms in total. The van der Waals surface area contributed by atoms with Crippen LogP contribution in [0.3, 0.4) is 0 Å². The molecule has 1 heterocycles. The summed E-state index contributed by atoms with van der Waals surface area (Å²) in [6.45, 7) is 5.32. The van der Waals surface area contributed by atoms with Crippen molar-refractivity contribution in [3.05, 3.63) is 47.9 Å². The van der Waals surface area contributed by atoms with Crippen molar-refractivity contribution in [3.8, 4) is 0 Å². The number of nitrogens with one attached hydrogen (secondary N) is 3. The number of hydrogen-bond donors (Lipinski definition) is 4. The van der Waals surface area contributed by atoms with Gasteiger partial charge in [0.1, 0.15) is 0 Å². The molecular weight excluding hydrogens is 350 g/mol. The van der Waals surface area contributed by atoms with E-state index in [2.05, 4.69) is 16.0 Å². The molecule has 0 radical (unpaired) electrons. The normalized spacial score (nSPS) is 10.9. The lowest BCUT2D eigenvalue weighted by atomic mass is 9.99. The Hall–Kier alpha value is -3.29. The number of anilines is 2. The van der Waals surface area contributed by atoms with Gasteiger partial charge in [0.15, 0.2) is 5.76 Å². The Balaban J connectivity index is 1.95. The Bertz CT molecular complexity index is 828. The number of rotatable bonds is 7. The zero-order valence-electron chi connectivity index (χ0n) is 15.5. The van der Waals surface area contributed by atoms with Gasteiger partial charge in [0.25, 0.3) is 5.91 Å². The van der Waals surface area contributed by atoms with Crippen LogP contribution in [0.2, 0.25) is 0 Å². The average molecular weight is 373 g/mol. The van der Waals surface area contributed by atoms with E-state index in [9.17, 15) is 14.4 Å². The predicted molar refractivity (Wildman–Crippen MR) is 101 cm³/mol. The summed E-state index contributed by atoms with van der Waals surface area (Å²) in [7, 11) is 0. The first-order valence-electron chi connectivity index (χ1n) is 8.43. The molecule has 0 saturated heterocycles. The minimum Gasteiger partial charge on any atom is -0.481 e. The molecule has 2 aromatic rings. The van der Waals surface area contributed by atoms with Crippen LogP contribution in [0.4, 0.5) is 16.2 Å². The number of carbonyl (C=O) groups is 3. The maximum atomic E-state index is 12.2. The quantitative estimate of drug-likeness (QED) is 0.591. The molecule has 0 fully saturated rings. The van der Waals surface area contributed by atoms with E-state index in [0.29, 0.717) is 17.8 Å². The summed E-state index contributed by atoms with van der Waals surface area (Å²) in [5.74, 6) is -1.06. The van der Waals surface area contributed by atoms with E-state index in [-0.39, 0.29) is 18.1 Å². The zero-order chi connectivity index (χ0) is 20.0. The Morgan fingerprint density at radius 2 is 1.89 bits per heavy atom. The SMILES string of the molecule is Cc1cc(NC(=O)NC(C)(C)CCC(=O)O)ccc1NC(=O)c1ccco1. The molecule has 0 aliphatic carbocycles. The van der Waals surface area contributed by atoms with Crippen molar-refractivity contribution >= 4 is 29.3 Å². The number of benzene rings is 1. The molecule has 1 aromatic heterocycles. The van der Waals surface area contributed by atoms with Gasteiger partial charge in [-0.2, -0.15) is 0 Å². The third kappa shape index (κ3) is 6.18. The van der Waals surface area contributed by atoms with Crippen LogP contribution in [0.15, 0.2) is 41.0 Å². The lowest BCUT2D eigenvalue weighted by Crippen LogP contribution is -2.45. The molecular formula is C19H23N3O5. The van der Waals surface area contributed by atoms with E-state index in [4.69, 9.17) is 9.52 Å². The van der Waals surface area contributed by atoms with Crippen molar-refractivity contribution in [1.29, 1.82) is 0 Å². The second-order valence-electron chi connectivity index (χ2n) is 6.82. The Kier molecular flexibility index (Phi) is 6.23. The first kappa shape index (κ1) is 20.0. The van der Waals surface area contributed by atoms with Gasteiger partial charge >= 0.3 is 12.0 Å². The number of urea groups is 1. The van der Waals surface area contributed by atoms with Gasteiger partial charge < -0.3 is 25.5 Å². The topological polar surface area (TPSA) is 121 Å². The highest BCUT2D eigenvalue weighted by atomic mass is 16.4. The zero-order valence-corrected chi connectivity index (χ0v) is 15.5. The van der Waals surface area contributed by atoms with Crippen molar-refractivity contribution in [2.45, 2.75) is 39.2 Å². The van der Waals surface area contributed by atoms with Crippen molar-refractivity contribution in [2.24, 2.45) is 0 Å². The first-order chi connectivity index (χ1) is 12.7. The van der Waals surface area contributed by atoms with E-state index < -0.39 is 17.5 Å². The minimum absolute atomic E-state index is 0.0313. The lowest BCUT2D eigenvalue weighted by Gasteiger charge is -2.25. The lowest BCUT2D eigenvalue weighted by molar-refractivity contribution is -0.137. The minimum atomic E-state index is -0.909. The Morgan fingerprint density at radius 3 is 2.48 bits per heavy atom. The van der Waals surface area contributed by atoms with E-state index in [0.717, 1.165) is 5.56 Å². The number of furan rings is 1. The summed E-state index contributed by atoms with van der Waals surface area (Å²) in [6, 6.07) is 7.83. The standard InChI is InChI=1S/C19H23N3O5/c1-12-11-13(20-18(26)22-19(2,3)9-8-16(23)24)6-7-14(12)21-17(25)15-5-4-10-27-15/h4-7,10-11H,8-9H2,1-3H3,(H,21,25)(H,23,24)(H2,20,22,26). The van der Waals surface area contributed by atoms with Gasteiger partial charge in [-0.1, -0.05) is 0 Å². The second-order valence-corrected chi connectivity index (χ2v) is 6.82. The van der Waals surface area contributed by atoms with E-state index >= 15 is 0 Å². The summed E-state index contributed by atoms with van der Waals surface area (Å²) in [5, 5.41) is 17.0. The number of hydrogen-bond acceptors (Lipinski definition) is 4. The molecule has 0 saturated carbocycles. The summed E-state index contributed by atoms with van der Waals surface area (Å²) < 4.78 is 5.05. The van der Waals surface area contributed by atoms with Crippen LogP contribution in [0, 0.1) is 6.92 Å². The highest BCUT2D eigenvalue weighted by Gasteiger charge is 2.21. The van der Waals surface area contributed by atoms with Crippen LogP contribution in [0.1, 0.15) is 42.8 Å². The fraction of sp³-hybridized carbons (Fsp3) is 0.316. The third-order valence-electron chi connectivity index (χ3n) is 3.89. The second kappa shape index (κ2) is 8.39. The van der Waals surface area contributed by atoms with Crippen molar-refractivity contribution in [2.75, 3.05) is 10.6 Å². The molecule has 4 N–H and O–H groups in total. The molecule has 0 bridgehead atoms. The number of carboxylic acid groups (broad SMARTS) is 1. The third-order valence-corrected chi connectivity index (χ3v) is 3.89. The van der Waals surface area contributed by atoms with Gasteiger partial charge in [-0.05, 0) is 63.1 Å². The van der Waals surface area contributed by atoms with Crippen LogP contribution < -0.4 is 16.0 Å². The van der Waals surface area contributed by atoms with Crippen LogP contribution >= 0.6 is 0 Å². The highest BCUT2D eigenvalue weighted by Crippen LogP contribution is 2.21. The number of aliphatic carboxylic acids is 1. The fourth-order valence-corrected chi connectivity index (χ4v) is 2.42. The molecule has 0 aliphatic heterocycles. The number of carboxylic acids is 1. The summed E-state index contributed by atoms with van der Waals surface area (Å²) in [4.78, 5) is 34.9. The van der Waals surface area contributed by atoms with Crippen molar-refractivity contribution in [3.63, 3.8) is 0 Å². The Morgan fingerprint density at radius 1 is 1.15 bits per heavy atom. The van der Waals surface area contributed by atoms with Gasteiger partial charge in [0.2, 0.25) is 0 Å². The molecule has 0 spiro atoms. The summed E-state index contributed by atoms with van der Waals surface area (Å²) in [6.07, 6.45) is 1.70. The number of carbonyl (C=O) groups excluding carboxylic acids is 2. The molecule has 27 heavy (non-hydrogen) atoms. The monoisotopic (exact) mass is 373 g/mol. The highest BCUT2D eigenvalue weighted by molar-refractivity contribution is 6.02. The molecule has 1 aromatic carbocycles. The fourth-order valence-electron chi connectivity index (χ4n) is 2.42. The van der Waals surface area contributed by atoms with Gasteiger partial charge in [0.05, 0.1) is 6.26 Å². The summed E-state index contributed by atoms with van der Waals surface area (Å²) >= 11 is 0. The Labute approximate surface area is 156 Å². The van der Waals surface area contributed by atoms with Crippen molar-refractivity contribution < 1.29 is 23.9 Å². The predicted octanol–water partition coefficient (Wildman–Crippen LogP) is 3.61. The van der Waals surface area contributed by atoms with Crippen molar-refractivity contribution in [1.82, 2.24) is 5.32 Å². The van der Waals surface area contributed by atoms with Crippen LogP contribution in [0.5, 0.6) is 0 Å². The van der Waals surface area contributed by atoms with Crippen LogP contribution in [0.25, 0.3) is 0 Å². The maximum absolute atomic E-state index is 12.2. The average Bonchev–Trinajstić information content (AvgIpc) is 3.09. The molecule has 3 amide bonds. The molecule has 0 atom stereocenters. The molecule has 144 valence electrons. The number of amides is 3. The van der Waals surface area contributed by atoms with E-state index in [1.165, 1.54) is 6.26 Å². The molecule has 0 aliphatic rings. The molecule has 8 heteroatoms. The van der Waals surface area contributed by atoms with Gasteiger partial charge in [-0.25, -0.2) is 4.79 Å². The largest absolute Gasteiger partial charge is 0.481 e. The van der Waals surface area contributed by atoms with Gasteiger partial charge in [0, 0.05) is 23.3 Å². The van der Waals surface area contributed by atoms with E-state index in [1.54, 1.807) is 51.1 Å². The smallest absolute Gasteiger partial charge is 0.319 e. The first-order valence-corrected chi connectivity index (χ1v) is 8.43. The van der Waals surface area contributed by atoms with Gasteiger partial charge in [-0.3, -0.25) is 9.59 Å². The number of aryl methyl sites for hydroxylation is 1. The van der Waals surface area contributed by atoms with Gasteiger partial charge in [-0.15, -0.1) is 0 Å². The van der Waals surface area contributed by atoms with E-state index in [1.807, 2.05) is 0 Å². The molecule has 2 rings (SSSR count). The van der Waals surface area contributed by atoms with Crippen LogP contribution in [-0.2, 0) is 4.79 Å². The summed E-state index contributed by atoms with van der Waals surface area (Å²) in [5.41, 5.74) is 1.26. The van der Waals surface area contributed by atoms with Crippen LogP contribution in [-0.4, -0.2) is 28.6 Å².